The third-order valence-electron chi connectivity index (χ3n) is 6.05. The van der Waals surface area contributed by atoms with Gasteiger partial charge in [-0.05, 0) is 24.5 Å². The van der Waals surface area contributed by atoms with Crippen molar-refractivity contribution in [2.75, 3.05) is 13.3 Å². The number of hydrogen-bond acceptors (Lipinski definition) is 4. The van der Waals surface area contributed by atoms with E-state index < -0.39 is 16.1 Å². The molecule has 1 aliphatic heterocycles. The van der Waals surface area contributed by atoms with E-state index in [4.69, 9.17) is 4.74 Å². The van der Waals surface area contributed by atoms with Crippen LogP contribution in [0, 0.1) is 0 Å². The molecule has 7 heteroatoms. The van der Waals surface area contributed by atoms with E-state index in [0.717, 1.165) is 34.7 Å². The number of amides is 1. The quantitative estimate of drug-likeness (QED) is 0.725. The Bertz CT molecular complexity index is 987. The first-order valence-corrected chi connectivity index (χ1v) is 12.1. The standard InChI is InChI=1S/C23H30N2O4S/c1-5-23(6-2)16-19(18-14-10-11-15-20(18)29-23)24-22(26)21(25(3)30(4,27)28)17-12-8-7-9-13-17/h7-15,19,21H,5-6,16H2,1-4H3,(H,24,26)/t19-,21+/m1/s1. The number of nitrogens with zero attached hydrogens (tertiary/aromatic N) is 1. The van der Waals surface area contributed by atoms with Crippen LogP contribution >= 0.6 is 0 Å². The van der Waals surface area contributed by atoms with Crippen molar-refractivity contribution in [1.29, 1.82) is 0 Å². The zero-order valence-electron chi connectivity index (χ0n) is 18.0. The molecular formula is C23H30N2O4S. The van der Waals surface area contributed by atoms with E-state index in [9.17, 15) is 13.2 Å². The summed E-state index contributed by atoms with van der Waals surface area (Å²) in [6.45, 7) is 4.17. The number of nitrogens with one attached hydrogen (secondary N) is 1. The molecule has 1 aliphatic rings. The number of para-hydroxylation sites is 1. The van der Waals surface area contributed by atoms with Crippen LogP contribution in [0.15, 0.2) is 54.6 Å². The Kier molecular flexibility index (Phi) is 6.53. The molecule has 2 atom stereocenters. The molecule has 1 N–H and O–H groups in total. The van der Waals surface area contributed by atoms with Gasteiger partial charge in [-0.15, -0.1) is 0 Å². The van der Waals surface area contributed by atoms with Gasteiger partial charge in [-0.2, -0.15) is 4.31 Å². The fourth-order valence-electron chi connectivity index (χ4n) is 4.03. The summed E-state index contributed by atoms with van der Waals surface area (Å²) in [5.41, 5.74) is 1.18. The number of likely N-dealkylation sites (N-methyl/N-ethyl adjacent to an activating group) is 1. The van der Waals surface area contributed by atoms with Gasteiger partial charge < -0.3 is 10.1 Å². The van der Waals surface area contributed by atoms with Crippen molar-refractivity contribution in [2.24, 2.45) is 0 Å². The summed E-state index contributed by atoms with van der Waals surface area (Å²) in [6, 6.07) is 15.5. The van der Waals surface area contributed by atoms with Crippen molar-refractivity contribution in [2.45, 2.75) is 50.8 Å². The SMILES string of the molecule is CCC1(CC)C[C@@H](NC(=O)[C@H](c2ccccc2)N(C)S(C)(=O)=O)c2ccccc2O1. The van der Waals surface area contributed by atoms with Crippen molar-refractivity contribution in [3.05, 3.63) is 65.7 Å². The lowest BCUT2D eigenvalue weighted by Crippen LogP contribution is -2.47. The van der Waals surface area contributed by atoms with Crippen LogP contribution in [0.5, 0.6) is 5.75 Å². The number of sulfonamides is 1. The van der Waals surface area contributed by atoms with Crippen LogP contribution in [0.4, 0.5) is 0 Å². The van der Waals surface area contributed by atoms with Crippen LogP contribution < -0.4 is 10.1 Å². The third-order valence-corrected chi connectivity index (χ3v) is 7.31. The number of fused-ring (bicyclic) bond motifs is 1. The zero-order valence-corrected chi connectivity index (χ0v) is 18.8. The lowest BCUT2D eigenvalue weighted by Gasteiger charge is -2.42. The second-order valence-corrected chi connectivity index (χ2v) is 9.93. The summed E-state index contributed by atoms with van der Waals surface area (Å²) < 4.78 is 32.0. The number of carbonyl (C=O) groups excluding carboxylic acids is 1. The van der Waals surface area contributed by atoms with Crippen molar-refractivity contribution in [1.82, 2.24) is 9.62 Å². The van der Waals surface area contributed by atoms with E-state index in [-0.39, 0.29) is 17.6 Å². The van der Waals surface area contributed by atoms with Gasteiger partial charge in [-0.1, -0.05) is 62.4 Å². The number of ether oxygens (including phenoxy) is 1. The van der Waals surface area contributed by atoms with Gasteiger partial charge in [0.25, 0.3) is 0 Å². The molecule has 2 aromatic carbocycles. The molecule has 0 spiro atoms. The lowest BCUT2D eigenvalue weighted by molar-refractivity contribution is -0.126. The van der Waals surface area contributed by atoms with Gasteiger partial charge in [0.1, 0.15) is 17.4 Å². The highest BCUT2D eigenvalue weighted by molar-refractivity contribution is 7.88. The minimum atomic E-state index is -3.58. The normalized spacial score (nSPS) is 18.9. The van der Waals surface area contributed by atoms with Crippen LogP contribution in [0.1, 0.15) is 56.3 Å². The van der Waals surface area contributed by atoms with Gasteiger partial charge in [0.05, 0.1) is 12.3 Å². The van der Waals surface area contributed by atoms with Crippen molar-refractivity contribution < 1.29 is 17.9 Å². The van der Waals surface area contributed by atoms with E-state index in [1.807, 2.05) is 30.3 Å². The summed E-state index contributed by atoms with van der Waals surface area (Å²) in [5.74, 6) is 0.419. The monoisotopic (exact) mass is 430 g/mol. The Morgan fingerprint density at radius 1 is 1.13 bits per heavy atom. The first-order chi connectivity index (χ1) is 14.2. The van der Waals surface area contributed by atoms with Crippen molar-refractivity contribution >= 4 is 15.9 Å². The maximum Gasteiger partial charge on any atom is 0.243 e. The maximum absolute atomic E-state index is 13.4. The van der Waals surface area contributed by atoms with Crippen LogP contribution in [0.3, 0.4) is 0 Å². The Morgan fingerprint density at radius 3 is 2.33 bits per heavy atom. The average Bonchev–Trinajstić information content (AvgIpc) is 2.73. The number of hydrogen-bond donors (Lipinski definition) is 1. The summed E-state index contributed by atoms with van der Waals surface area (Å²) in [6.07, 6.45) is 3.37. The van der Waals surface area contributed by atoms with Crippen LogP contribution in [-0.4, -0.2) is 37.5 Å². The lowest BCUT2D eigenvalue weighted by atomic mass is 9.83. The second-order valence-electron chi connectivity index (χ2n) is 7.89. The highest BCUT2D eigenvalue weighted by Gasteiger charge is 2.40. The summed E-state index contributed by atoms with van der Waals surface area (Å²) in [5, 5.41) is 3.12. The van der Waals surface area contributed by atoms with Crippen LogP contribution in [0.2, 0.25) is 0 Å². The van der Waals surface area contributed by atoms with Gasteiger partial charge in [0, 0.05) is 19.0 Å². The average molecular weight is 431 g/mol. The number of rotatable bonds is 7. The molecule has 2 aromatic rings. The molecule has 6 nitrogen and oxygen atoms in total. The molecule has 1 amide bonds. The predicted octanol–water partition coefficient (Wildman–Crippen LogP) is 3.82. The van der Waals surface area contributed by atoms with Crippen LogP contribution in [-0.2, 0) is 14.8 Å². The Labute approximate surface area is 179 Å². The Balaban J connectivity index is 1.97. The minimum Gasteiger partial charge on any atom is -0.487 e. The highest BCUT2D eigenvalue weighted by Crippen LogP contribution is 2.43. The van der Waals surface area contributed by atoms with E-state index >= 15 is 0 Å². The summed E-state index contributed by atoms with van der Waals surface area (Å²) in [7, 11) is -2.14. The van der Waals surface area contributed by atoms with Gasteiger partial charge in [0.2, 0.25) is 15.9 Å². The highest BCUT2D eigenvalue weighted by atomic mass is 32.2. The predicted molar refractivity (Wildman–Crippen MR) is 118 cm³/mol. The molecule has 1 heterocycles. The van der Waals surface area contributed by atoms with Crippen molar-refractivity contribution in [3.8, 4) is 5.75 Å². The van der Waals surface area contributed by atoms with E-state index in [1.165, 1.54) is 7.05 Å². The molecule has 0 aromatic heterocycles. The number of benzene rings is 2. The molecule has 0 saturated carbocycles. The first-order valence-electron chi connectivity index (χ1n) is 10.3. The fourth-order valence-corrected chi connectivity index (χ4v) is 4.63. The van der Waals surface area contributed by atoms with E-state index in [0.29, 0.717) is 12.0 Å². The molecule has 0 aliphatic carbocycles. The van der Waals surface area contributed by atoms with E-state index in [1.54, 1.807) is 24.3 Å². The summed E-state index contributed by atoms with van der Waals surface area (Å²) in [4.78, 5) is 13.4. The van der Waals surface area contributed by atoms with E-state index in [2.05, 4.69) is 19.2 Å². The molecule has 162 valence electrons. The molecule has 0 unspecified atom stereocenters. The van der Waals surface area contributed by atoms with Gasteiger partial charge in [-0.3, -0.25) is 4.79 Å². The molecule has 3 rings (SSSR count). The molecule has 0 radical (unpaired) electrons. The molecule has 0 bridgehead atoms. The van der Waals surface area contributed by atoms with Gasteiger partial charge in [0.15, 0.2) is 0 Å². The minimum absolute atomic E-state index is 0.262. The van der Waals surface area contributed by atoms with Crippen LogP contribution in [0.25, 0.3) is 0 Å². The van der Waals surface area contributed by atoms with Gasteiger partial charge in [-0.25, -0.2) is 8.42 Å². The largest absolute Gasteiger partial charge is 0.487 e. The van der Waals surface area contributed by atoms with Crippen molar-refractivity contribution in [3.63, 3.8) is 0 Å². The smallest absolute Gasteiger partial charge is 0.243 e. The zero-order chi connectivity index (χ0) is 21.9. The molecule has 0 fully saturated rings. The maximum atomic E-state index is 13.4. The fraction of sp³-hybridized carbons (Fsp3) is 0.435. The molecule has 30 heavy (non-hydrogen) atoms. The molecular weight excluding hydrogens is 400 g/mol. The van der Waals surface area contributed by atoms with Gasteiger partial charge >= 0.3 is 0 Å². The Morgan fingerprint density at radius 2 is 1.73 bits per heavy atom. The third kappa shape index (κ3) is 4.52. The topological polar surface area (TPSA) is 75.7 Å². The molecule has 0 saturated heterocycles. The summed E-state index contributed by atoms with van der Waals surface area (Å²) >= 11 is 0. The number of carbonyl (C=O) groups is 1. The second kappa shape index (κ2) is 8.78. The first kappa shape index (κ1) is 22.3. The Hall–Kier alpha value is -2.38.